The van der Waals surface area contributed by atoms with Crippen molar-refractivity contribution < 1.29 is 18.1 Å². The molecule has 0 amide bonds. The average Bonchev–Trinajstić information content (AvgIpc) is 2.76. The first-order valence-corrected chi connectivity index (χ1v) is 13.1. The topological polar surface area (TPSA) is 79.8 Å². The Kier molecular flexibility index (Phi) is 6.83. The van der Waals surface area contributed by atoms with Crippen LogP contribution in [0.1, 0.15) is 26.7 Å². The van der Waals surface area contributed by atoms with Crippen LogP contribution >= 0.6 is 0 Å². The van der Waals surface area contributed by atoms with Crippen LogP contribution in [-0.2, 0) is 15.7 Å². The number of rotatable bonds is 8. The van der Waals surface area contributed by atoms with Gasteiger partial charge < -0.3 is 19.3 Å². The van der Waals surface area contributed by atoms with Crippen LogP contribution in [-0.4, -0.2) is 71.1 Å². The van der Waals surface area contributed by atoms with Crippen LogP contribution in [0.4, 0.5) is 10.2 Å². The fourth-order valence-electron chi connectivity index (χ4n) is 5.17. The third-order valence-corrected chi connectivity index (χ3v) is 8.06. The summed E-state index contributed by atoms with van der Waals surface area (Å²) in [5.41, 5.74) is 0.317. The first-order chi connectivity index (χ1) is 16.4. The van der Waals surface area contributed by atoms with Gasteiger partial charge in [0.05, 0.1) is 11.1 Å². The Bertz CT molecular complexity index is 1040. The van der Waals surface area contributed by atoms with Crippen LogP contribution in [0.2, 0.25) is 0 Å². The summed E-state index contributed by atoms with van der Waals surface area (Å²) in [5, 5.41) is 0. The van der Waals surface area contributed by atoms with E-state index in [0.717, 1.165) is 45.3 Å². The fourth-order valence-corrected chi connectivity index (χ4v) is 6.23. The van der Waals surface area contributed by atoms with Crippen molar-refractivity contribution in [3.63, 3.8) is 0 Å². The quantitative estimate of drug-likeness (QED) is 0.611. The Labute approximate surface area is 202 Å². The summed E-state index contributed by atoms with van der Waals surface area (Å²) < 4.78 is 41.1. The molecule has 1 atom stereocenters. The van der Waals surface area contributed by atoms with E-state index in [1.165, 1.54) is 43.9 Å². The zero-order chi connectivity index (χ0) is 23.7. The summed E-state index contributed by atoms with van der Waals surface area (Å²) >= 11 is 0. The van der Waals surface area contributed by atoms with Gasteiger partial charge in [-0.05, 0) is 50.8 Å². The van der Waals surface area contributed by atoms with Gasteiger partial charge in [-0.15, -0.1) is 0 Å². The molecule has 0 bridgehead atoms. The summed E-state index contributed by atoms with van der Waals surface area (Å²) in [6.45, 7) is 10.8. The molecule has 1 aromatic carbocycles. The highest BCUT2D eigenvalue weighted by atomic mass is 32.2. The minimum absolute atomic E-state index is 0.0293. The van der Waals surface area contributed by atoms with Crippen LogP contribution in [0.3, 0.4) is 0 Å². The van der Waals surface area contributed by atoms with Gasteiger partial charge in [0.15, 0.2) is 11.6 Å². The highest BCUT2D eigenvalue weighted by Crippen LogP contribution is 2.44. The van der Waals surface area contributed by atoms with E-state index >= 15 is 0 Å². The van der Waals surface area contributed by atoms with Gasteiger partial charge in [0.1, 0.15) is 28.9 Å². The maximum atomic E-state index is 13.9. The Morgan fingerprint density at radius 1 is 1.24 bits per heavy atom. The van der Waals surface area contributed by atoms with Gasteiger partial charge in [0.25, 0.3) is 0 Å². The minimum atomic E-state index is -1.61. The van der Waals surface area contributed by atoms with E-state index in [2.05, 4.69) is 24.5 Å². The zero-order valence-corrected chi connectivity index (χ0v) is 20.5. The molecule has 4 heterocycles. The number of benzene rings is 1. The van der Waals surface area contributed by atoms with Crippen molar-refractivity contribution in [2.75, 3.05) is 50.8 Å². The van der Waals surface area contributed by atoms with E-state index in [9.17, 15) is 8.60 Å². The molecular formula is C24H32FN5O3S. The second-order valence-electron chi connectivity index (χ2n) is 10.0. The Morgan fingerprint density at radius 2 is 2.00 bits per heavy atom. The highest BCUT2D eigenvalue weighted by molar-refractivity contribution is 7.83. The highest BCUT2D eigenvalue weighted by Gasteiger charge is 2.52. The molecule has 3 saturated heterocycles. The van der Waals surface area contributed by atoms with Crippen LogP contribution < -0.4 is 14.4 Å². The fraction of sp³-hybridized carbons (Fsp3) is 0.583. The van der Waals surface area contributed by atoms with Crippen LogP contribution in [0, 0.1) is 17.2 Å². The number of hydrogen-bond acceptors (Lipinski definition) is 7. The molecule has 34 heavy (non-hydrogen) atoms. The van der Waals surface area contributed by atoms with E-state index in [-0.39, 0.29) is 10.9 Å². The molecular weight excluding hydrogens is 457 g/mol. The monoisotopic (exact) mass is 489 g/mol. The molecule has 3 aliphatic heterocycles. The van der Waals surface area contributed by atoms with E-state index < -0.39 is 16.8 Å². The molecule has 1 spiro atoms. The van der Waals surface area contributed by atoms with Crippen molar-refractivity contribution in [3.8, 4) is 11.5 Å². The molecule has 1 N–H and O–H groups in total. The van der Waals surface area contributed by atoms with Crippen LogP contribution in [0.15, 0.2) is 35.6 Å². The van der Waals surface area contributed by atoms with Gasteiger partial charge >= 0.3 is 0 Å². The van der Waals surface area contributed by atoms with Crippen molar-refractivity contribution in [1.82, 2.24) is 19.6 Å². The maximum absolute atomic E-state index is 13.9. The molecule has 0 radical (unpaired) electrons. The van der Waals surface area contributed by atoms with Crippen LogP contribution in [0.25, 0.3) is 0 Å². The molecule has 0 aliphatic carbocycles. The number of aromatic nitrogens is 2. The molecule has 184 valence electrons. The summed E-state index contributed by atoms with van der Waals surface area (Å²) in [4.78, 5) is 13.6. The van der Waals surface area contributed by atoms with E-state index in [1.807, 2.05) is 13.8 Å². The van der Waals surface area contributed by atoms with Gasteiger partial charge in [0, 0.05) is 57.4 Å². The molecule has 0 saturated carbocycles. The molecule has 1 aromatic heterocycles. The number of nitrogens with one attached hydrogen (secondary N) is 1. The molecule has 3 fully saturated rings. The number of hydrogen-bond donors (Lipinski definition) is 1. The number of ether oxygens (including phenoxy) is 2. The third-order valence-electron chi connectivity index (χ3n) is 6.65. The summed E-state index contributed by atoms with van der Waals surface area (Å²) in [6, 6.07) is 4.01. The van der Waals surface area contributed by atoms with Gasteiger partial charge in [-0.2, -0.15) is 0 Å². The van der Waals surface area contributed by atoms with E-state index in [0.29, 0.717) is 22.7 Å². The van der Waals surface area contributed by atoms with Crippen molar-refractivity contribution in [2.45, 2.75) is 37.6 Å². The van der Waals surface area contributed by atoms with Crippen molar-refractivity contribution in [2.24, 2.45) is 11.3 Å². The molecule has 5 rings (SSSR count). The van der Waals surface area contributed by atoms with E-state index in [1.54, 1.807) is 6.20 Å². The zero-order valence-electron chi connectivity index (χ0n) is 19.7. The molecule has 8 nitrogen and oxygen atoms in total. The first-order valence-electron chi connectivity index (χ1n) is 11.9. The summed E-state index contributed by atoms with van der Waals surface area (Å²) in [5.74, 6) is 1.80. The Hall–Kier alpha value is -2.14. The van der Waals surface area contributed by atoms with Gasteiger partial charge in [0.2, 0.25) is 0 Å². The third kappa shape index (κ3) is 5.10. The summed E-state index contributed by atoms with van der Waals surface area (Å²) in [7, 11) is -1.61. The summed E-state index contributed by atoms with van der Waals surface area (Å²) in [6.07, 6.45) is 5.45. The normalized spacial score (nSPS) is 21.4. The Balaban J connectivity index is 1.23. The largest absolute Gasteiger partial charge is 0.451 e. The number of halogens is 1. The van der Waals surface area contributed by atoms with Crippen LogP contribution in [0.5, 0.6) is 11.5 Å². The van der Waals surface area contributed by atoms with E-state index in [4.69, 9.17) is 9.47 Å². The van der Waals surface area contributed by atoms with Gasteiger partial charge in [-0.3, -0.25) is 0 Å². The SMILES string of the molecule is CC(C)NS(=O)c1cc(F)ccc1Oc1cncnc1N1CC2(CN(CC3CCOCC3)C2)C1. The standard InChI is InChI=1S/C24H32FN5O3S/c1-17(2)28-34(31)22-9-19(25)3-4-20(22)33-21-10-26-16-27-23(21)30-14-24(15-30)12-29(13-24)11-18-5-7-32-8-6-18/h3-4,9-10,16-18,28H,5-8,11-15H2,1-2H3. The maximum Gasteiger partial charge on any atom is 0.188 e. The van der Waals surface area contributed by atoms with Crippen molar-refractivity contribution >= 4 is 16.8 Å². The lowest BCUT2D eigenvalue weighted by molar-refractivity contribution is -0.0430. The lowest BCUT2D eigenvalue weighted by atomic mass is 9.72. The smallest absolute Gasteiger partial charge is 0.188 e. The molecule has 3 aliphatic rings. The molecule has 10 heteroatoms. The van der Waals surface area contributed by atoms with Crippen molar-refractivity contribution in [3.05, 3.63) is 36.5 Å². The molecule has 1 unspecified atom stereocenters. The second kappa shape index (κ2) is 9.85. The Morgan fingerprint density at radius 3 is 2.74 bits per heavy atom. The average molecular weight is 490 g/mol. The van der Waals surface area contributed by atoms with Gasteiger partial charge in [-0.25, -0.2) is 23.3 Å². The lowest BCUT2D eigenvalue weighted by Crippen LogP contribution is -2.72. The first kappa shape index (κ1) is 23.6. The predicted molar refractivity (Wildman–Crippen MR) is 128 cm³/mol. The number of likely N-dealkylation sites (tertiary alicyclic amines) is 1. The number of nitrogens with zero attached hydrogens (tertiary/aromatic N) is 4. The molecule has 2 aromatic rings. The van der Waals surface area contributed by atoms with Gasteiger partial charge in [-0.1, -0.05) is 0 Å². The number of anilines is 1. The van der Waals surface area contributed by atoms with Crippen molar-refractivity contribution in [1.29, 1.82) is 0 Å². The second-order valence-corrected chi connectivity index (χ2v) is 11.2. The minimum Gasteiger partial charge on any atom is -0.451 e. The lowest BCUT2D eigenvalue weighted by Gasteiger charge is -2.61. The predicted octanol–water partition coefficient (Wildman–Crippen LogP) is 2.98.